The number of Topliss-reactive ketones (excluding diaryl/α,β-unsaturated/α-hetero) is 1. The molecule has 0 saturated carbocycles. The van der Waals surface area contributed by atoms with Crippen LogP contribution in [-0.2, 0) is 20.7 Å². The number of benzene rings is 1. The van der Waals surface area contributed by atoms with Crippen LogP contribution in [0.4, 0.5) is 0 Å². The van der Waals surface area contributed by atoms with Crippen LogP contribution in [0.1, 0.15) is 5.01 Å². The first-order valence-electron chi connectivity index (χ1n) is 5.89. The number of fused-ring (bicyclic) bond motifs is 1. The van der Waals surface area contributed by atoms with E-state index in [1.165, 1.54) is 0 Å². The van der Waals surface area contributed by atoms with Crippen molar-refractivity contribution in [1.82, 2.24) is 4.98 Å². The maximum atomic E-state index is 12.0. The molecule has 2 aromatic rings. The fraction of sp³-hybridized carbons (Fsp3) is 0.385. The monoisotopic (exact) mass is 263 g/mol. The van der Waals surface area contributed by atoms with Gasteiger partial charge in [-0.15, -0.1) is 11.3 Å². The third-order valence-corrected chi connectivity index (χ3v) is 3.88. The van der Waals surface area contributed by atoms with Crippen LogP contribution in [0.3, 0.4) is 0 Å². The minimum Gasteiger partial charge on any atom is -0.376 e. The Bertz CT molecular complexity index is 527. The Labute approximate surface area is 109 Å². The highest BCUT2D eigenvalue weighted by molar-refractivity contribution is 7.18. The standard InChI is InChI=1S/C13H13NO3S/c15-10(11-8-16-5-6-17-11)7-13-14-9-3-1-2-4-12(9)18-13/h1-4,11H,5-8H2. The Morgan fingerprint density at radius 2 is 2.28 bits per heavy atom. The Balaban J connectivity index is 1.73. The van der Waals surface area contributed by atoms with Gasteiger partial charge in [0.2, 0.25) is 0 Å². The molecule has 0 aliphatic carbocycles. The van der Waals surface area contributed by atoms with E-state index in [1.807, 2.05) is 24.3 Å². The molecular weight excluding hydrogens is 250 g/mol. The third-order valence-electron chi connectivity index (χ3n) is 2.84. The number of carbonyl (C=O) groups is 1. The lowest BCUT2D eigenvalue weighted by atomic mass is 10.2. The van der Waals surface area contributed by atoms with Gasteiger partial charge in [0, 0.05) is 0 Å². The van der Waals surface area contributed by atoms with Crippen LogP contribution in [-0.4, -0.2) is 36.7 Å². The van der Waals surface area contributed by atoms with Crippen LogP contribution in [0, 0.1) is 0 Å². The van der Waals surface area contributed by atoms with Gasteiger partial charge in [0.15, 0.2) is 5.78 Å². The second-order valence-electron chi connectivity index (χ2n) is 4.15. The topological polar surface area (TPSA) is 48.4 Å². The zero-order valence-electron chi connectivity index (χ0n) is 9.80. The predicted octanol–water partition coefficient (Wildman–Crippen LogP) is 1.82. The second kappa shape index (κ2) is 5.14. The number of ether oxygens (including phenoxy) is 2. The average molecular weight is 263 g/mol. The molecule has 1 fully saturated rings. The maximum Gasteiger partial charge on any atom is 0.170 e. The van der Waals surface area contributed by atoms with E-state index in [9.17, 15) is 4.79 Å². The summed E-state index contributed by atoms with van der Waals surface area (Å²) < 4.78 is 11.7. The molecule has 1 aliphatic heterocycles. The maximum absolute atomic E-state index is 12.0. The minimum atomic E-state index is -0.425. The number of thiazole rings is 1. The lowest BCUT2D eigenvalue weighted by Gasteiger charge is -2.21. The molecule has 4 nitrogen and oxygen atoms in total. The van der Waals surface area contributed by atoms with Crippen molar-refractivity contribution in [2.75, 3.05) is 19.8 Å². The van der Waals surface area contributed by atoms with Gasteiger partial charge in [0.25, 0.3) is 0 Å². The van der Waals surface area contributed by atoms with Gasteiger partial charge in [-0.3, -0.25) is 4.79 Å². The normalized spacial score (nSPS) is 20.1. The summed E-state index contributed by atoms with van der Waals surface area (Å²) in [7, 11) is 0. The number of rotatable bonds is 3. The van der Waals surface area contributed by atoms with Crippen molar-refractivity contribution in [3.8, 4) is 0 Å². The Hall–Kier alpha value is -1.30. The van der Waals surface area contributed by atoms with E-state index in [-0.39, 0.29) is 5.78 Å². The molecule has 94 valence electrons. The molecule has 0 amide bonds. The number of ketones is 1. The first kappa shape index (κ1) is 11.8. The summed E-state index contributed by atoms with van der Waals surface area (Å²) in [6.45, 7) is 1.44. The van der Waals surface area contributed by atoms with Crippen molar-refractivity contribution in [2.24, 2.45) is 0 Å². The van der Waals surface area contributed by atoms with E-state index in [0.29, 0.717) is 26.2 Å². The Morgan fingerprint density at radius 1 is 1.39 bits per heavy atom. The Kier molecular flexibility index (Phi) is 3.36. The predicted molar refractivity (Wildman–Crippen MR) is 68.9 cm³/mol. The lowest BCUT2D eigenvalue weighted by Crippen LogP contribution is -2.36. The van der Waals surface area contributed by atoms with E-state index in [4.69, 9.17) is 9.47 Å². The van der Waals surface area contributed by atoms with Crippen LogP contribution in [0.5, 0.6) is 0 Å². The molecule has 1 aromatic carbocycles. The van der Waals surface area contributed by atoms with Gasteiger partial charge in [-0.25, -0.2) is 4.98 Å². The summed E-state index contributed by atoms with van der Waals surface area (Å²) in [6.07, 6.45) is -0.0985. The fourth-order valence-electron chi connectivity index (χ4n) is 1.93. The molecule has 18 heavy (non-hydrogen) atoms. The molecule has 0 N–H and O–H groups in total. The van der Waals surface area contributed by atoms with E-state index in [1.54, 1.807) is 11.3 Å². The van der Waals surface area contributed by atoms with E-state index in [0.717, 1.165) is 15.2 Å². The highest BCUT2D eigenvalue weighted by Crippen LogP contribution is 2.22. The van der Waals surface area contributed by atoms with E-state index in [2.05, 4.69) is 4.98 Å². The first-order valence-corrected chi connectivity index (χ1v) is 6.71. The van der Waals surface area contributed by atoms with Crippen LogP contribution in [0.15, 0.2) is 24.3 Å². The van der Waals surface area contributed by atoms with Gasteiger partial charge in [0.1, 0.15) is 11.1 Å². The highest BCUT2D eigenvalue weighted by atomic mass is 32.1. The Morgan fingerprint density at radius 3 is 3.06 bits per heavy atom. The second-order valence-corrected chi connectivity index (χ2v) is 5.27. The number of carbonyl (C=O) groups excluding carboxylic acids is 1. The molecule has 3 rings (SSSR count). The van der Waals surface area contributed by atoms with Gasteiger partial charge < -0.3 is 9.47 Å². The first-order chi connectivity index (χ1) is 8.83. The van der Waals surface area contributed by atoms with Crippen molar-refractivity contribution in [3.63, 3.8) is 0 Å². The van der Waals surface area contributed by atoms with E-state index >= 15 is 0 Å². The summed E-state index contributed by atoms with van der Waals surface area (Å²) in [5.74, 6) is 0.0498. The quantitative estimate of drug-likeness (QED) is 0.847. The van der Waals surface area contributed by atoms with Gasteiger partial charge in [-0.1, -0.05) is 12.1 Å². The number of para-hydroxylation sites is 1. The largest absolute Gasteiger partial charge is 0.376 e. The number of aromatic nitrogens is 1. The van der Waals surface area contributed by atoms with Crippen molar-refractivity contribution in [2.45, 2.75) is 12.5 Å². The molecule has 0 bridgehead atoms. The molecule has 1 atom stereocenters. The number of hydrogen-bond acceptors (Lipinski definition) is 5. The number of hydrogen-bond donors (Lipinski definition) is 0. The zero-order valence-corrected chi connectivity index (χ0v) is 10.6. The summed E-state index contributed by atoms with van der Waals surface area (Å²) in [4.78, 5) is 16.5. The molecule has 1 aliphatic rings. The molecule has 1 saturated heterocycles. The number of nitrogens with zero attached hydrogens (tertiary/aromatic N) is 1. The van der Waals surface area contributed by atoms with Gasteiger partial charge in [-0.05, 0) is 12.1 Å². The van der Waals surface area contributed by atoms with E-state index < -0.39 is 6.10 Å². The summed E-state index contributed by atoms with van der Waals surface area (Å²) >= 11 is 1.56. The van der Waals surface area contributed by atoms with Gasteiger partial charge in [0.05, 0.1) is 36.5 Å². The van der Waals surface area contributed by atoms with Crippen molar-refractivity contribution >= 4 is 27.3 Å². The summed E-state index contributed by atoms with van der Waals surface area (Å²) in [5.41, 5.74) is 0.950. The van der Waals surface area contributed by atoms with Gasteiger partial charge >= 0.3 is 0 Å². The molecular formula is C13H13NO3S. The molecule has 1 unspecified atom stereocenters. The average Bonchev–Trinajstić information content (AvgIpc) is 2.82. The molecule has 1 aromatic heterocycles. The molecule has 0 spiro atoms. The minimum absolute atomic E-state index is 0.0498. The summed E-state index contributed by atoms with van der Waals surface area (Å²) in [6, 6.07) is 7.90. The molecule has 2 heterocycles. The fourth-order valence-corrected chi connectivity index (χ4v) is 2.91. The van der Waals surface area contributed by atoms with Crippen molar-refractivity contribution < 1.29 is 14.3 Å². The third kappa shape index (κ3) is 2.43. The van der Waals surface area contributed by atoms with Crippen LogP contribution >= 0.6 is 11.3 Å². The smallest absolute Gasteiger partial charge is 0.170 e. The van der Waals surface area contributed by atoms with Crippen LogP contribution in [0.25, 0.3) is 10.2 Å². The zero-order chi connectivity index (χ0) is 12.4. The van der Waals surface area contributed by atoms with Gasteiger partial charge in [-0.2, -0.15) is 0 Å². The SMILES string of the molecule is O=C(Cc1nc2ccccc2s1)C1COCCO1. The van der Waals surface area contributed by atoms with Crippen molar-refractivity contribution in [1.29, 1.82) is 0 Å². The highest BCUT2D eigenvalue weighted by Gasteiger charge is 2.23. The summed E-state index contributed by atoms with van der Waals surface area (Å²) in [5, 5.41) is 0.843. The van der Waals surface area contributed by atoms with Crippen LogP contribution < -0.4 is 0 Å². The molecule has 0 radical (unpaired) electrons. The van der Waals surface area contributed by atoms with Crippen LogP contribution in [0.2, 0.25) is 0 Å². The lowest BCUT2D eigenvalue weighted by molar-refractivity contribution is -0.144. The van der Waals surface area contributed by atoms with Crippen molar-refractivity contribution in [3.05, 3.63) is 29.3 Å². The molecule has 5 heteroatoms.